The number of aromatic amines is 2. The standard InChI is InChI=1S/C48H24Br2F12N4/c49-42-41-39(25-5-13-29(14-6-25)47(57,58)59)35-21-19-33(64-35)37(23-1-9-27(10-2-23)45(51,52)53)31-17-18-32(63-31)38(24-3-11-28(12-4-24)46(54,55)56)34-20-22-36(65-34)40(43(42)66-44(41)50)26-7-15-30(16-8-26)48(60,61)62/h1-22,64-65H. The zero-order valence-corrected chi connectivity index (χ0v) is 36.1. The van der Waals surface area contributed by atoms with Crippen LogP contribution in [0.2, 0.25) is 0 Å². The van der Waals surface area contributed by atoms with Crippen molar-refractivity contribution in [2.75, 3.05) is 0 Å². The van der Waals surface area contributed by atoms with Crippen LogP contribution in [0.15, 0.2) is 131 Å². The molecule has 0 unspecified atom stereocenters. The average molecular weight is 1040 g/mol. The summed E-state index contributed by atoms with van der Waals surface area (Å²) in [4.78, 5) is 16.3. The maximum atomic E-state index is 13.8. The van der Waals surface area contributed by atoms with E-state index in [-0.39, 0.29) is 70.6 Å². The Morgan fingerprint density at radius 2 is 0.636 bits per heavy atom. The second-order valence-electron chi connectivity index (χ2n) is 15.0. The molecule has 8 bridgehead atoms. The quantitative estimate of drug-likeness (QED) is 0.170. The van der Waals surface area contributed by atoms with E-state index in [4.69, 9.17) is 9.98 Å². The molecule has 0 aliphatic carbocycles. The van der Waals surface area contributed by atoms with Gasteiger partial charge in [-0.15, -0.1) is 0 Å². The van der Waals surface area contributed by atoms with Crippen LogP contribution in [0.3, 0.4) is 0 Å². The van der Waals surface area contributed by atoms with Crippen LogP contribution in [0.4, 0.5) is 58.4 Å². The molecule has 0 saturated heterocycles. The topological polar surface area (TPSA) is 56.8 Å². The zero-order chi connectivity index (χ0) is 47.1. The van der Waals surface area contributed by atoms with Crippen LogP contribution >= 0.6 is 31.9 Å². The largest absolute Gasteiger partial charge is 0.416 e. The number of H-pyrrole nitrogens is 2. The van der Waals surface area contributed by atoms with E-state index in [2.05, 4.69) is 41.8 Å². The Balaban J connectivity index is 1.46. The molecule has 7 aromatic rings. The summed E-state index contributed by atoms with van der Waals surface area (Å²) in [5, 5.41) is 0. The van der Waals surface area contributed by atoms with Crippen molar-refractivity contribution in [1.29, 1.82) is 0 Å². The lowest BCUT2D eigenvalue weighted by atomic mass is 9.99. The minimum atomic E-state index is -4.68. The van der Waals surface area contributed by atoms with Gasteiger partial charge < -0.3 is 9.97 Å². The molecule has 4 nitrogen and oxygen atoms in total. The number of aromatic nitrogens is 3. The van der Waals surface area contributed by atoms with Gasteiger partial charge in [-0.05, 0) is 139 Å². The summed E-state index contributed by atoms with van der Waals surface area (Å²) in [5.74, 6) is 0. The number of halogens is 14. The monoisotopic (exact) mass is 1040 g/mol. The van der Waals surface area contributed by atoms with Crippen molar-refractivity contribution in [2.24, 2.45) is 4.99 Å². The minimum Gasteiger partial charge on any atom is -0.354 e. The van der Waals surface area contributed by atoms with Crippen LogP contribution in [-0.2, 0) is 24.7 Å². The van der Waals surface area contributed by atoms with Crippen molar-refractivity contribution in [3.8, 4) is 44.5 Å². The molecule has 9 rings (SSSR count). The first-order chi connectivity index (χ1) is 31.1. The third-order valence-corrected chi connectivity index (χ3v) is 12.3. The fourth-order valence-corrected chi connectivity index (χ4v) is 9.36. The summed E-state index contributed by atoms with van der Waals surface area (Å²) in [6.07, 6.45) is -15.5. The maximum absolute atomic E-state index is 13.8. The van der Waals surface area contributed by atoms with E-state index in [9.17, 15) is 52.7 Å². The van der Waals surface area contributed by atoms with E-state index in [0.29, 0.717) is 27.7 Å². The van der Waals surface area contributed by atoms with Gasteiger partial charge in [0.25, 0.3) is 0 Å². The van der Waals surface area contributed by atoms with Crippen molar-refractivity contribution >= 4 is 76.4 Å². The molecular weight excluding hydrogens is 1020 g/mol. The molecule has 2 aliphatic heterocycles. The van der Waals surface area contributed by atoms with E-state index in [0.717, 1.165) is 48.5 Å². The third-order valence-electron chi connectivity index (χ3n) is 10.9. The van der Waals surface area contributed by atoms with E-state index in [1.807, 2.05) is 0 Å². The zero-order valence-electron chi connectivity index (χ0n) is 32.9. The Hall–Kier alpha value is -6.40. The van der Waals surface area contributed by atoms with Gasteiger partial charge in [-0.2, -0.15) is 52.7 Å². The molecule has 66 heavy (non-hydrogen) atoms. The predicted molar refractivity (Wildman–Crippen MR) is 237 cm³/mol. The fraction of sp³-hybridized carbons (Fsp3) is 0.0833. The highest BCUT2D eigenvalue weighted by atomic mass is 79.9. The van der Waals surface area contributed by atoms with Crippen molar-refractivity contribution in [2.45, 2.75) is 24.7 Å². The molecule has 0 amide bonds. The summed E-state index contributed by atoms with van der Waals surface area (Å²) < 4.78 is 166. The molecular formula is C48H24Br2F12N4. The highest BCUT2D eigenvalue weighted by Gasteiger charge is 2.34. The van der Waals surface area contributed by atoms with Crippen LogP contribution < -0.4 is 0 Å². The number of fused-ring (bicyclic) bond motifs is 8. The number of aliphatic imine (C=N–C) groups is 1. The van der Waals surface area contributed by atoms with Gasteiger partial charge >= 0.3 is 24.7 Å². The number of nitrogens with one attached hydrogen (secondary N) is 2. The molecule has 4 aromatic carbocycles. The van der Waals surface area contributed by atoms with Gasteiger partial charge in [0, 0.05) is 49.9 Å². The van der Waals surface area contributed by atoms with Gasteiger partial charge in [-0.25, -0.2) is 9.98 Å². The summed E-state index contributed by atoms with van der Waals surface area (Å²) in [6, 6.07) is 23.5. The smallest absolute Gasteiger partial charge is 0.354 e. The first kappa shape index (κ1) is 44.8. The normalized spacial score (nSPS) is 13.3. The number of hydrogen-bond donors (Lipinski definition) is 2. The predicted octanol–water partition coefficient (Wildman–Crippen LogP) is 17.1. The van der Waals surface area contributed by atoms with E-state index in [1.165, 1.54) is 48.5 Å². The van der Waals surface area contributed by atoms with E-state index >= 15 is 0 Å². The maximum Gasteiger partial charge on any atom is 0.416 e. The second-order valence-corrected chi connectivity index (χ2v) is 16.6. The van der Waals surface area contributed by atoms with Gasteiger partial charge in [-0.1, -0.05) is 48.5 Å². The third kappa shape index (κ3) is 8.36. The molecule has 0 spiro atoms. The number of rotatable bonds is 4. The summed E-state index contributed by atoms with van der Waals surface area (Å²) >= 11 is 7.22. The number of hydrogen-bond acceptors (Lipinski definition) is 2. The van der Waals surface area contributed by atoms with Gasteiger partial charge in [0.15, 0.2) is 0 Å². The Kier molecular flexibility index (Phi) is 11.0. The van der Waals surface area contributed by atoms with Crippen LogP contribution in [0.25, 0.3) is 78.7 Å². The summed E-state index contributed by atoms with van der Waals surface area (Å²) in [6.45, 7) is 0. The molecule has 0 fully saturated rings. The Morgan fingerprint density at radius 3 is 0.970 bits per heavy atom. The van der Waals surface area contributed by atoms with Crippen molar-refractivity contribution in [3.05, 3.63) is 165 Å². The number of benzene rings is 4. The molecule has 5 heterocycles. The lowest BCUT2D eigenvalue weighted by molar-refractivity contribution is -0.138. The number of nitrogens with zero attached hydrogens (tertiary/aromatic N) is 2. The molecule has 0 atom stereocenters. The molecule has 3 aromatic heterocycles. The number of alkyl halides is 12. The van der Waals surface area contributed by atoms with Crippen molar-refractivity contribution in [1.82, 2.24) is 15.0 Å². The molecule has 2 N–H and O–H groups in total. The van der Waals surface area contributed by atoms with Gasteiger partial charge in [0.05, 0.1) is 43.8 Å². The van der Waals surface area contributed by atoms with Crippen molar-refractivity contribution in [3.63, 3.8) is 0 Å². The van der Waals surface area contributed by atoms with Gasteiger partial charge in [-0.3, -0.25) is 0 Å². The van der Waals surface area contributed by atoms with E-state index in [1.54, 1.807) is 36.4 Å². The first-order valence-electron chi connectivity index (χ1n) is 19.3. The second kappa shape index (κ2) is 16.2. The summed E-state index contributed by atoms with van der Waals surface area (Å²) in [7, 11) is 0. The van der Waals surface area contributed by atoms with Crippen LogP contribution in [0.1, 0.15) is 39.2 Å². The first-order valence-corrected chi connectivity index (χ1v) is 20.9. The molecule has 18 heteroatoms. The lowest BCUT2D eigenvalue weighted by Gasteiger charge is -2.11. The average Bonchev–Trinajstić information content (AvgIpc) is 4.08. The van der Waals surface area contributed by atoms with E-state index < -0.39 is 47.0 Å². The Bertz CT molecular complexity index is 3280. The fourth-order valence-electron chi connectivity index (χ4n) is 7.85. The van der Waals surface area contributed by atoms with Gasteiger partial charge in [0.1, 0.15) is 4.62 Å². The van der Waals surface area contributed by atoms with Crippen molar-refractivity contribution < 1.29 is 52.7 Å². The highest BCUT2D eigenvalue weighted by Crippen LogP contribution is 2.49. The lowest BCUT2D eigenvalue weighted by Crippen LogP contribution is -2.04. The van der Waals surface area contributed by atoms with Crippen LogP contribution in [0.5, 0.6) is 0 Å². The molecule has 0 saturated carbocycles. The Labute approximate surface area is 381 Å². The molecule has 0 radical (unpaired) electrons. The minimum absolute atomic E-state index is 0.154. The summed E-state index contributed by atoms with van der Waals surface area (Å²) in [5.41, 5.74) is 0.488. The molecule has 334 valence electrons. The molecule has 2 aliphatic rings. The highest BCUT2D eigenvalue weighted by molar-refractivity contribution is 9.18. The van der Waals surface area contributed by atoms with Gasteiger partial charge in [0.2, 0.25) is 0 Å². The Morgan fingerprint density at radius 1 is 0.348 bits per heavy atom. The van der Waals surface area contributed by atoms with Crippen LogP contribution in [-0.4, -0.2) is 19.6 Å². The van der Waals surface area contributed by atoms with Crippen LogP contribution in [0, 0.1) is 0 Å². The SMILES string of the molecule is FC(F)(F)c1ccc(-c2c3nc(c(-c4ccc(C(F)(F)F)cc4)c4ccc([nH]4)c(-c4ccc(C(F)(F)F)cc4)c4c(Br)c(c(-c5ccc(C(F)(F)F)cc5)c5ccc2[nH]5)N=C4Br)C=C3)cc1.